The lowest BCUT2D eigenvalue weighted by Crippen LogP contribution is -2.29. The first kappa shape index (κ1) is 23.5. The summed E-state index contributed by atoms with van der Waals surface area (Å²) in [4.78, 5) is 35.2. The maximum Gasteiger partial charge on any atom is 0.417 e. The number of carboxylic acids is 1. The van der Waals surface area contributed by atoms with Crippen LogP contribution in [0.4, 0.5) is 29.3 Å². The van der Waals surface area contributed by atoms with E-state index in [9.17, 15) is 27.6 Å². The molecule has 3 amide bonds. The number of nitrogens with one attached hydrogen (secondary N) is 4. The number of carbonyl (C=O) groups excluding carboxylic acids is 2. The molecule has 0 aliphatic heterocycles. The van der Waals surface area contributed by atoms with Gasteiger partial charge in [-0.15, -0.1) is 10.2 Å². The van der Waals surface area contributed by atoms with E-state index in [0.717, 1.165) is 6.07 Å². The van der Waals surface area contributed by atoms with Crippen molar-refractivity contribution in [2.45, 2.75) is 6.18 Å². The molecular weight excluding hydrogens is 471 g/mol. The second-order valence-corrected chi connectivity index (χ2v) is 6.75. The molecule has 3 rings (SSSR count). The van der Waals surface area contributed by atoms with Crippen LogP contribution >= 0.6 is 11.6 Å². The number of hydrogen-bond acceptors (Lipinski definition) is 6. The monoisotopic (exact) mass is 483 g/mol. The van der Waals surface area contributed by atoms with Gasteiger partial charge in [-0.3, -0.25) is 9.59 Å². The predicted octanol–water partition coefficient (Wildman–Crippen LogP) is 3.00. The molecule has 15 heteroatoms. The van der Waals surface area contributed by atoms with Crippen LogP contribution in [0.1, 0.15) is 15.9 Å². The Morgan fingerprint density at radius 1 is 1.09 bits per heavy atom. The van der Waals surface area contributed by atoms with Gasteiger partial charge < -0.3 is 21.1 Å². The van der Waals surface area contributed by atoms with Gasteiger partial charge in [-0.1, -0.05) is 11.6 Å². The van der Waals surface area contributed by atoms with Gasteiger partial charge in [-0.05, 0) is 41.6 Å². The molecule has 0 bridgehead atoms. The van der Waals surface area contributed by atoms with Gasteiger partial charge in [0.2, 0.25) is 5.82 Å². The van der Waals surface area contributed by atoms with Gasteiger partial charge in [0, 0.05) is 16.8 Å². The Bertz CT molecular complexity index is 1200. The van der Waals surface area contributed by atoms with Crippen LogP contribution in [-0.4, -0.2) is 50.2 Å². The molecule has 1 aromatic heterocycles. The highest BCUT2D eigenvalue weighted by atomic mass is 35.5. The topological polar surface area (TPSA) is 162 Å². The number of nitrogens with zero attached hydrogens (tertiary/aromatic N) is 3. The molecule has 0 atom stereocenters. The average molecular weight is 484 g/mol. The highest BCUT2D eigenvalue weighted by Gasteiger charge is 2.33. The smallest absolute Gasteiger partial charge is 0.417 e. The normalized spacial score (nSPS) is 11.0. The molecule has 2 aromatic carbocycles. The van der Waals surface area contributed by atoms with Gasteiger partial charge in [-0.25, -0.2) is 4.79 Å². The molecule has 0 radical (unpaired) electrons. The zero-order chi connectivity index (χ0) is 24.2. The Labute approximate surface area is 187 Å². The zero-order valence-corrected chi connectivity index (χ0v) is 17.0. The van der Waals surface area contributed by atoms with E-state index in [0.29, 0.717) is 6.07 Å². The minimum atomic E-state index is -4.71. The van der Waals surface area contributed by atoms with Gasteiger partial charge in [0.1, 0.15) is 6.54 Å². The van der Waals surface area contributed by atoms with Crippen molar-refractivity contribution in [1.82, 2.24) is 25.9 Å². The number of tetrazole rings is 1. The van der Waals surface area contributed by atoms with E-state index in [1.807, 2.05) is 0 Å². The standard InChI is InChI=1S/C18H13ClF3N7O4/c19-12-3-2-9(6-11(12)18(20,21)22)24-17(33)25-13-4-1-8(16(32)23-7-14(30)31)5-10(13)15-26-28-29-27-15/h1-6H,7H2,(H,23,32)(H,30,31)(H2,24,25,33)(H,26,27,28,29). The number of alkyl halides is 3. The van der Waals surface area contributed by atoms with E-state index < -0.39 is 41.2 Å². The number of urea groups is 1. The molecule has 33 heavy (non-hydrogen) atoms. The Hall–Kier alpha value is -4.20. The van der Waals surface area contributed by atoms with Crippen molar-refractivity contribution in [2.75, 3.05) is 17.2 Å². The molecule has 0 aliphatic carbocycles. The maximum atomic E-state index is 13.0. The minimum Gasteiger partial charge on any atom is -0.480 e. The summed E-state index contributed by atoms with van der Waals surface area (Å²) in [6.45, 7) is -0.611. The Kier molecular flexibility index (Phi) is 6.77. The predicted molar refractivity (Wildman–Crippen MR) is 109 cm³/mol. The third kappa shape index (κ3) is 5.94. The summed E-state index contributed by atoms with van der Waals surface area (Å²) in [5, 5.41) is 28.2. The summed E-state index contributed by atoms with van der Waals surface area (Å²) in [7, 11) is 0. The molecule has 0 fully saturated rings. The van der Waals surface area contributed by atoms with Crippen molar-refractivity contribution >= 4 is 40.9 Å². The number of halogens is 4. The van der Waals surface area contributed by atoms with Crippen molar-refractivity contribution in [3.8, 4) is 11.4 Å². The average Bonchev–Trinajstić information content (AvgIpc) is 3.27. The fourth-order valence-corrected chi connectivity index (χ4v) is 2.84. The van der Waals surface area contributed by atoms with Gasteiger partial charge in [0.25, 0.3) is 5.91 Å². The number of benzene rings is 2. The summed E-state index contributed by atoms with van der Waals surface area (Å²) < 4.78 is 39.1. The first-order valence-corrected chi connectivity index (χ1v) is 9.25. The summed E-state index contributed by atoms with van der Waals surface area (Å²) in [6.07, 6.45) is -4.71. The number of hydrogen-bond donors (Lipinski definition) is 5. The molecule has 0 spiro atoms. The Morgan fingerprint density at radius 2 is 1.85 bits per heavy atom. The molecule has 172 valence electrons. The number of carboxylic acid groups (broad SMARTS) is 1. The lowest BCUT2D eigenvalue weighted by molar-refractivity contribution is -0.137. The maximum absolute atomic E-state index is 13.0. The molecule has 0 saturated heterocycles. The summed E-state index contributed by atoms with van der Waals surface area (Å²) in [5.41, 5.74) is -1.03. The van der Waals surface area contributed by atoms with E-state index in [1.165, 1.54) is 24.3 Å². The number of carbonyl (C=O) groups is 3. The van der Waals surface area contributed by atoms with E-state index in [-0.39, 0.29) is 28.3 Å². The second-order valence-electron chi connectivity index (χ2n) is 6.34. The largest absolute Gasteiger partial charge is 0.480 e. The van der Waals surface area contributed by atoms with Gasteiger partial charge in [0.05, 0.1) is 16.3 Å². The molecule has 0 unspecified atom stereocenters. The number of H-pyrrole nitrogens is 1. The van der Waals surface area contributed by atoms with Crippen molar-refractivity contribution < 1.29 is 32.7 Å². The highest BCUT2D eigenvalue weighted by Crippen LogP contribution is 2.36. The molecule has 0 saturated carbocycles. The molecule has 11 nitrogen and oxygen atoms in total. The molecule has 5 N–H and O–H groups in total. The summed E-state index contributed by atoms with van der Waals surface area (Å²) in [5.74, 6) is -1.96. The highest BCUT2D eigenvalue weighted by molar-refractivity contribution is 6.31. The van der Waals surface area contributed by atoms with Crippen LogP contribution in [-0.2, 0) is 11.0 Å². The molecule has 1 heterocycles. The third-order valence-electron chi connectivity index (χ3n) is 4.05. The molecule has 0 aliphatic rings. The number of amides is 3. The van der Waals surface area contributed by atoms with E-state index in [2.05, 4.69) is 36.6 Å². The van der Waals surface area contributed by atoms with Crippen molar-refractivity contribution in [3.05, 3.63) is 52.5 Å². The number of aromatic nitrogens is 4. The quantitative estimate of drug-likeness (QED) is 0.360. The van der Waals surface area contributed by atoms with Gasteiger partial charge in [0.15, 0.2) is 0 Å². The lowest BCUT2D eigenvalue weighted by Gasteiger charge is -2.14. The number of anilines is 2. The zero-order valence-electron chi connectivity index (χ0n) is 16.2. The Morgan fingerprint density at radius 3 is 2.48 bits per heavy atom. The Balaban J connectivity index is 1.83. The van der Waals surface area contributed by atoms with Crippen LogP contribution in [0.25, 0.3) is 11.4 Å². The SMILES string of the molecule is O=C(O)CNC(=O)c1ccc(NC(=O)Nc2ccc(Cl)c(C(F)(F)F)c2)c(-c2nn[nH]n2)c1. The fourth-order valence-electron chi connectivity index (χ4n) is 2.62. The third-order valence-corrected chi connectivity index (χ3v) is 4.38. The van der Waals surface area contributed by atoms with Crippen LogP contribution in [0.15, 0.2) is 36.4 Å². The fraction of sp³-hybridized carbons (Fsp3) is 0.111. The van der Waals surface area contributed by atoms with Gasteiger partial charge >= 0.3 is 18.2 Å². The van der Waals surface area contributed by atoms with Crippen LogP contribution < -0.4 is 16.0 Å². The van der Waals surface area contributed by atoms with Crippen molar-refractivity contribution in [3.63, 3.8) is 0 Å². The molecular formula is C18H13ClF3N7O4. The van der Waals surface area contributed by atoms with E-state index >= 15 is 0 Å². The minimum absolute atomic E-state index is 0.0102. The van der Waals surface area contributed by atoms with Crippen LogP contribution in [0.3, 0.4) is 0 Å². The number of rotatable bonds is 6. The summed E-state index contributed by atoms with van der Waals surface area (Å²) >= 11 is 5.57. The van der Waals surface area contributed by atoms with Crippen LogP contribution in [0.5, 0.6) is 0 Å². The van der Waals surface area contributed by atoms with Crippen LogP contribution in [0.2, 0.25) is 5.02 Å². The molecule has 3 aromatic rings. The van der Waals surface area contributed by atoms with E-state index in [4.69, 9.17) is 16.7 Å². The lowest BCUT2D eigenvalue weighted by atomic mass is 10.1. The number of aromatic amines is 1. The first-order chi connectivity index (χ1) is 15.5. The van der Waals surface area contributed by atoms with Crippen molar-refractivity contribution in [1.29, 1.82) is 0 Å². The number of aliphatic carboxylic acids is 1. The van der Waals surface area contributed by atoms with Gasteiger partial charge in [-0.2, -0.15) is 18.4 Å². The summed E-state index contributed by atoms with van der Waals surface area (Å²) in [6, 6.07) is 5.84. The second kappa shape index (κ2) is 9.52. The van der Waals surface area contributed by atoms with Crippen molar-refractivity contribution in [2.24, 2.45) is 0 Å². The first-order valence-electron chi connectivity index (χ1n) is 8.87. The van der Waals surface area contributed by atoms with Crippen LogP contribution in [0, 0.1) is 0 Å². The van der Waals surface area contributed by atoms with E-state index in [1.54, 1.807) is 0 Å².